The van der Waals surface area contributed by atoms with Crippen molar-refractivity contribution in [3.63, 3.8) is 0 Å². The lowest BCUT2D eigenvalue weighted by Crippen LogP contribution is -2.52. The molecular formula is C29H35F2N3O. The largest absolute Gasteiger partial charge is 0.352 e. The molecule has 0 aliphatic heterocycles. The van der Waals surface area contributed by atoms with Crippen LogP contribution in [0, 0.1) is 17.6 Å². The molecule has 0 aliphatic rings. The zero-order valence-electron chi connectivity index (χ0n) is 20.7. The van der Waals surface area contributed by atoms with E-state index in [0.717, 1.165) is 23.6 Å². The minimum atomic E-state index is -0.650. The average molecular weight is 480 g/mol. The van der Waals surface area contributed by atoms with E-state index in [2.05, 4.69) is 54.8 Å². The number of nitrogens with two attached hydrogens (primary N) is 1. The fourth-order valence-electron chi connectivity index (χ4n) is 4.36. The van der Waals surface area contributed by atoms with Crippen LogP contribution >= 0.6 is 0 Å². The lowest BCUT2D eigenvalue weighted by molar-refractivity contribution is -0.119. The van der Waals surface area contributed by atoms with E-state index in [9.17, 15) is 13.6 Å². The zero-order chi connectivity index (χ0) is 25.4. The SMILES string of the molecule is CC(=O)NC(Cc1cc(F)cc(F)c1)C(N)CNCc1cc(CC(C)C)ccc1-c1ccccc1. The molecule has 2 unspecified atom stereocenters. The van der Waals surface area contributed by atoms with Crippen molar-refractivity contribution < 1.29 is 13.6 Å². The van der Waals surface area contributed by atoms with Crippen LogP contribution in [-0.2, 0) is 24.2 Å². The van der Waals surface area contributed by atoms with Crippen molar-refractivity contribution >= 4 is 5.91 Å². The van der Waals surface area contributed by atoms with Gasteiger partial charge in [0, 0.05) is 38.2 Å². The lowest BCUT2D eigenvalue weighted by Gasteiger charge is -2.25. The Morgan fingerprint density at radius 2 is 1.60 bits per heavy atom. The average Bonchev–Trinajstić information content (AvgIpc) is 2.78. The smallest absolute Gasteiger partial charge is 0.217 e. The molecule has 0 saturated heterocycles. The number of carbonyl (C=O) groups excluding carboxylic acids is 1. The van der Waals surface area contributed by atoms with Gasteiger partial charge in [0.2, 0.25) is 5.91 Å². The first-order chi connectivity index (χ1) is 16.7. The fourth-order valence-corrected chi connectivity index (χ4v) is 4.36. The number of rotatable bonds is 11. The first-order valence-corrected chi connectivity index (χ1v) is 12.1. The van der Waals surface area contributed by atoms with Gasteiger partial charge in [0.1, 0.15) is 11.6 Å². The van der Waals surface area contributed by atoms with Gasteiger partial charge in [0.05, 0.1) is 0 Å². The van der Waals surface area contributed by atoms with Crippen LogP contribution in [0.2, 0.25) is 0 Å². The van der Waals surface area contributed by atoms with Crippen molar-refractivity contribution in [2.75, 3.05) is 6.54 Å². The molecule has 3 rings (SSSR count). The van der Waals surface area contributed by atoms with Crippen LogP contribution in [0.1, 0.15) is 37.5 Å². The molecule has 35 heavy (non-hydrogen) atoms. The summed E-state index contributed by atoms with van der Waals surface area (Å²) in [5.41, 5.74) is 11.6. The van der Waals surface area contributed by atoms with E-state index in [0.29, 0.717) is 24.6 Å². The van der Waals surface area contributed by atoms with Crippen molar-refractivity contribution in [3.05, 3.63) is 95.1 Å². The van der Waals surface area contributed by atoms with Gasteiger partial charge in [-0.05, 0) is 58.7 Å². The summed E-state index contributed by atoms with van der Waals surface area (Å²) >= 11 is 0. The van der Waals surface area contributed by atoms with Crippen LogP contribution in [0.5, 0.6) is 0 Å². The number of halogens is 2. The van der Waals surface area contributed by atoms with Crippen molar-refractivity contribution in [3.8, 4) is 11.1 Å². The third-order valence-electron chi connectivity index (χ3n) is 5.88. The Bertz CT molecular complexity index is 1100. The van der Waals surface area contributed by atoms with E-state index in [1.54, 1.807) is 0 Å². The van der Waals surface area contributed by atoms with Gasteiger partial charge >= 0.3 is 0 Å². The Labute approximate surface area is 206 Å². The first kappa shape index (κ1) is 26.5. The molecule has 0 spiro atoms. The van der Waals surface area contributed by atoms with Gasteiger partial charge in [-0.25, -0.2) is 8.78 Å². The highest BCUT2D eigenvalue weighted by molar-refractivity contribution is 5.73. The highest BCUT2D eigenvalue weighted by Crippen LogP contribution is 2.26. The number of benzene rings is 3. The molecule has 6 heteroatoms. The normalized spacial score (nSPS) is 13.0. The summed E-state index contributed by atoms with van der Waals surface area (Å²) in [6, 6.07) is 19.3. The molecule has 2 atom stereocenters. The predicted octanol–water partition coefficient (Wildman–Crippen LogP) is 4.99. The van der Waals surface area contributed by atoms with Gasteiger partial charge in [-0.2, -0.15) is 0 Å². The van der Waals surface area contributed by atoms with Gasteiger partial charge < -0.3 is 16.4 Å². The van der Waals surface area contributed by atoms with E-state index in [4.69, 9.17) is 5.73 Å². The first-order valence-electron chi connectivity index (χ1n) is 12.1. The maximum Gasteiger partial charge on any atom is 0.217 e. The highest BCUT2D eigenvalue weighted by Gasteiger charge is 2.20. The minimum absolute atomic E-state index is 0.232. The van der Waals surface area contributed by atoms with Gasteiger partial charge in [-0.15, -0.1) is 0 Å². The second-order valence-electron chi connectivity index (χ2n) is 9.54. The summed E-state index contributed by atoms with van der Waals surface area (Å²) in [5, 5.41) is 6.26. The maximum absolute atomic E-state index is 13.7. The van der Waals surface area contributed by atoms with Gasteiger partial charge in [-0.3, -0.25) is 4.79 Å². The Morgan fingerprint density at radius 1 is 0.914 bits per heavy atom. The van der Waals surface area contributed by atoms with E-state index in [-0.39, 0.29) is 12.3 Å². The molecule has 0 aliphatic carbocycles. The Hall–Kier alpha value is -3.09. The highest BCUT2D eigenvalue weighted by atomic mass is 19.1. The molecule has 0 saturated carbocycles. The summed E-state index contributed by atoms with van der Waals surface area (Å²) in [6.07, 6.45) is 1.23. The van der Waals surface area contributed by atoms with E-state index >= 15 is 0 Å². The molecule has 0 bridgehead atoms. The second-order valence-corrected chi connectivity index (χ2v) is 9.54. The van der Waals surface area contributed by atoms with Crippen molar-refractivity contribution in [1.82, 2.24) is 10.6 Å². The number of amides is 1. The Morgan fingerprint density at radius 3 is 2.23 bits per heavy atom. The van der Waals surface area contributed by atoms with Crippen LogP contribution in [0.15, 0.2) is 66.7 Å². The lowest BCUT2D eigenvalue weighted by atomic mass is 9.94. The Kier molecular flexibility index (Phi) is 9.52. The van der Waals surface area contributed by atoms with Crippen molar-refractivity contribution in [2.24, 2.45) is 11.7 Å². The summed E-state index contributed by atoms with van der Waals surface area (Å²) in [6.45, 7) is 6.84. The number of nitrogens with one attached hydrogen (secondary N) is 2. The number of hydrogen-bond acceptors (Lipinski definition) is 3. The second kappa shape index (κ2) is 12.6. The van der Waals surface area contributed by atoms with Gasteiger partial charge in [-0.1, -0.05) is 62.4 Å². The fraction of sp³-hybridized carbons (Fsp3) is 0.345. The molecule has 3 aromatic rings. The molecule has 1 amide bonds. The summed E-state index contributed by atoms with van der Waals surface area (Å²) < 4.78 is 27.3. The van der Waals surface area contributed by atoms with Crippen LogP contribution in [-0.4, -0.2) is 24.5 Å². The molecule has 0 fully saturated rings. The molecule has 0 heterocycles. The van der Waals surface area contributed by atoms with E-state index < -0.39 is 23.7 Å². The maximum atomic E-state index is 13.7. The molecule has 4 N–H and O–H groups in total. The molecule has 186 valence electrons. The third-order valence-corrected chi connectivity index (χ3v) is 5.88. The third kappa shape index (κ3) is 8.26. The van der Waals surface area contributed by atoms with Gasteiger partial charge in [0.25, 0.3) is 0 Å². The number of carbonyl (C=O) groups is 1. The Balaban J connectivity index is 1.73. The van der Waals surface area contributed by atoms with Crippen molar-refractivity contribution in [1.29, 1.82) is 0 Å². The minimum Gasteiger partial charge on any atom is -0.352 e. The zero-order valence-corrected chi connectivity index (χ0v) is 20.7. The van der Waals surface area contributed by atoms with Crippen molar-refractivity contribution in [2.45, 2.75) is 52.2 Å². The monoisotopic (exact) mass is 479 g/mol. The van der Waals surface area contributed by atoms with Crippen LogP contribution in [0.3, 0.4) is 0 Å². The molecule has 0 radical (unpaired) electrons. The summed E-state index contributed by atoms with van der Waals surface area (Å²) in [4.78, 5) is 11.8. The van der Waals surface area contributed by atoms with Crippen LogP contribution in [0.25, 0.3) is 11.1 Å². The van der Waals surface area contributed by atoms with Crippen LogP contribution in [0.4, 0.5) is 8.78 Å². The molecule has 0 aromatic heterocycles. The molecule has 4 nitrogen and oxygen atoms in total. The molecule has 3 aromatic carbocycles. The van der Waals surface area contributed by atoms with E-state index in [1.807, 2.05) is 18.2 Å². The topological polar surface area (TPSA) is 67.2 Å². The van der Waals surface area contributed by atoms with E-state index in [1.165, 1.54) is 30.2 Å². The quantitative estimate of drug-likeness (QED) is 0.363. The standard InChI is InChI=1S/C29H35F2N3O/c1-19(2)11-21-9-10-27(23-7-5-4-6-8-23)24(12-21)17-33-18-28(32)29(34-20(3)35)15-22-13-25(30)16-26(31)14-22/h4-10,12-14,16,19,28-29,33H,11,15,17-18,32H2,1-3H3,(H,34,35). The van der Waals surface area contributed by atoms with Gasteiger partial charge in [0.15, 0.2) is 0 Å². The summed E-state index contributed by atoms with van der Waals surface area (Å²) in [7, 11) is 0. The number of hydrogen-bond donors (Lipinski definition) is 3. The molecular weight excluding hydrogens is 444 g/mol. The summed E-state index contributed by atoms with van der Waals surface area (Å²) in [5.74, 6) is -0.987. The predicted molar refractivity (Wildman–Crippen MR) is 138 cm³/mol. The van der Waals surface area contributed by atoms with Crippen LogP contribution < -0.4 is 16.4 Å².